The van der Waals surface area contributed by atoms with Gasteiger partial charge in [0, 0.05) is 38.9 Å². The molecule has 0 amide bonds. The van der Waals surface area contributed by atoms with Crippen molar-refractivity contribution in [3.63, 3.8) is 0 Å². The third-order valence-electron chi connectivity index (χ3n) is 16.7. The Balaban J connectivity index is 1.72. The van der Waals surface area contributed by atoms with E-state index in [1.54, 1.807) is 12.1 Å². The van der Waals surface area contributed by atoms with Gasteiger partial charge >= 0.3 is 35.8 Å². The Labute approximate surface area is 538 Å². The van der Waals surface area contributed by atoms with Crippen LogP contribution in [0.2, 0.25) is 0 Å². The lowest BCUT2D eigenvalue weighted by Crippen LogP contribution is -2.47. The van der Waals surface area contributed by atoms with Crippen LogP contribution in [0.4, 0.5) is 8.78 Å². The second-order valence-electron chi connectivity index (χ2n) is 25.1. The molecular weight excluding hydrogens is 1140 g/mol. The molecule has 0 saturated carbocycles. The van der Waals surface area contributed by atoms with Crippen LogP contribution in [0.3, 0.4) is 0 Å². The summed E-state index contributed by atoms with van der Waals surface area (Å²) >= 11 is 0. The number of hydrogen-bond acceptors (Lipinski definition) is 11. The predicted molar refractivity (Wildman–Crippen MR) is 353 cm³/mol. The summed E-state index contributed by atoms with van der Waals surface area (Å²) < 4.78 is 40.5. The van der Waals surface area contributed by atoms with Crippen molar-refractivity contribution in [2.45, 2.75) is 234 Å². The van der Waals surface area contributed by atoms with Crippen molar-refractivity contribution in [2.24, 2.45) is 16.2 Å². The third kappa shape index (κ3) is 28.2. The van der Waals surface area contributed by atoms with Crippen molar-refractivity contribution in [3.8, 4) is 35.5 Å². The van der Waals surface area contributed by atoms with Crippen LogP contribution >= 0.6 is 0 Å². The molecule has 0 radical (unpaired) electrons. The van der Waals surface area contributed by atoms with Crippen molar-refractivity contribution < 1.29 is 57.2 Å². The number of aryl methyl sites for hydroxylation is 3. The quantitative estimate of drug-likeness (QED) is 0.0211. The smallest absolute Gasteiger partial charge is 0.331 e. The van der Waals surface area contributed by atoms with Gasteiger partial charge in [0.25, 0.3) is 0 Å². The van der Waals surface area contributed by atoms with Gasteiger partial charge in [-0.2, -0.15) is 0 Å². The standard InChI is InChI=1S/C75H105F2N3O10/c1-9-12-15-18-21-24-27-36-59-39-43-61(44-40-59)57-79(7)55-34-31-50-73(4,67(81)82)69(85)89-71(87)75(6,52-30-33-53-78-54-49-64-48-47-63(65(76)66(64)77)38-29-26-23-20-17-14-11-3)72(88)90-70(86)74(5,68(83)84)51-32-35-56-80(8)58-62-45-41-60(42-46-62)37-28-25-22-19-16-13-10-2/h39-48,78H,9-29,36-38,49-58H2,1-8H3,(H,81,82)(H,83,84). The summed E-state index contributed by atoms with van der Waals surface area (Å²) in [5.74, 6) is 5.17. The molecule has 0 aromatic heterocycles. The Morgan fingerprint density at radius 2 is 0.733 bits per heavy atom. The number of rotatable bonds is 43. The molecule has 494 valence electrons. The zero-order valence-electron chi connectivity index (χ0n) is 55.6. The lowest BCUT2D eigenvalue weighted by atomic mass is 9.84. The fourth-order valence-corrected chi connectivity index (χ4v) is 10.1. The molecule has 2 unspecified atom stereocenters. The molecule has 2 atom stereocenters. The number of nitrogens with zero attached hydrogens (tertiary/aromatic N) is 2. The van der Waals surface area contributed by atoms with E-state index in [2.05, 4.69) is 110 Å². The highest BCUT2D eigenvalue weighted by Gasteiger charge is 2.52. The maximum Gasteiger partial charge on any atom is 0.331 e. The van der Waals surface area contributed by atoms with E-state index in [0.717, 1.165) is 89.7 Å². The Morgan fingerprint density at radius 1 is 0.422 bits per heavy atom. The summed E-state index contributed by atoms with van der Waals surface area (Å²) in [6, 6.07) is 20.0. The highest BCUT2D eigenvalue weighted by molar-refractivity contribution is 6.11. The lowest BCUT2D eigenvalue weighted by Gasteiger charge is -2.27. The van der Waals surface area contributed by atoms with Crippen molar-refractivity contribution >= 4 is 35.8 Å². The van der Waals surface area contributed by atoms with Crippen LogP contribution in [-0.2, 0) is 77.0 Å². The van der Waals surface area contributed by atoms with Crippen molar-refractivity contribution in [1.29, 1.82) is 0 Å². The molecule has 3 aromatic rings. The first-order valence-electron chi connectivity index (χ1n) is 33.2. The molecule has 0 aliphatic carbocycles. The van der Waals surface area contributed by atoms with Gasteiger partial charge < -0.3 is 25.0 Å². The van der Waals surface area contributed by atoms with Crippen LogP contribution in [0.1, 0.15) is 229 Å². The molecule has 15 heteroatoms. The first kappa shape index (κ1) is 77.5. The Hall–Kier alpha value is -6.70. The maximum atomic E-state index is 15.1. The van der Waals surface area contributed by atoms with Gasteiger partial charge in [-0.3, -0.25) is 38.6 Å². The molecule has 0 spiro atoms. The van der Waals surface area contributed by atoms with E-state index in [4.69, 9.17) is 9.47 Å². The van der Waals surface area contributed by atoms with E-state index >= 15 is 8.78 Å². The molecule has 3 aromatic carbocycles. The number of carboxylic acids is 2. The molecule has 0 fully saturated rings. The van der Waals surface area contributed by atoms with E-state index in [9.17, 15) is 39.0 Å². The number of carboxylic acid groups (broad SMARTS) is 2. The van der Waals surface area contributed by atoms with Gasteiger partial charge in [0.05, 0.1) is 19.6 Å². The third-order valence-corrected chi connectivity index (χ3v) is 16.7. The summed E-state index contributed by atoms with van der Waals surface area (Å²) in [6.07, 6.45) is 25.5. The summed E-state index contributed by atoms with van der Waals surface area (Å²) in [5, 5.41) is 23.7. The Morgan fingerprint density at radius 3 is 1.11 bits per heavy atom. The second kappa shape index (κ2) is 43.1. The minimum Gasteiger partial charge on any atom is -0.480 e. The largest absolute Gasteiger partial charge is 0.480 e. The van der Waals surface area contributed by atoms with Crippen molar-refractivity contribution in [3.05, 3.63) is 106 Å². The van der Waals surface area contributed by atoms with Gasteiger partial charge in [-0.05, 0) is 113 Å². The van der Waals surface area contributed by atoms with Gasteiger partial charge in [-0.1, -0.05) is 215 Å². The number of hydrogen-bond donors (Lipinski definition) is 3. The highest BCUT2D eigenvalue weighted by Crippen LogP contribution is 2.32. The molecule has 13 nitrogen and oxygen atoms in total. The van der Waals surface area contributed by atoms with Crippen LogP contribution in [0.15, 0.2) is 60.7 Å². The number of aliphatic carboxylic acids is 2. The number of unbranched alkanes of at least 4 members (excludes halogenated alkanes) is 18. The predicted octanol–water partition coefficient (Wildman–Crippen LogP) is 14.7. The minimum atomic E-state index is -2.60. The first-order chi connectivity index (χ1) is 43.1. The van der Waals surface area contributed by atoms with E-state index in [-0.39, 0.29) is 38.2 Å². The van der Waals surface area contributed by atoms with Crippen LogP contribution < -0.4 is 5.32 Å². The monoisotopic (exact) mass is 1250 g/mol. The number of benzene rings is 3. The summed E-state index contributed by atoms with van der Waals surface area (Å²) in [4.78, 5) is 85.2. The van der Waals surface area contributed by atoms with E-state index in [1.807, 2.05) is 23.9 Å². The molecule has 90 heavy (non-hydrogen) atoms. The normalized spacial score (nSPS) is 13.1. The van der Waals surface area contributed by atoms with Gasteiger partial charge in [-0.25, -0.2) is 8.78 Å². The van der Waals surface area contributed by atoms with E-state index in [1.165, 1.54) is 101 Å². The first-order valence-corrected chi connectivity index (χ1v) is 33.2. The molecule has 0 aliphatic heterocycles. The average Bonchev–Trinajstić information content (AvgIpc) is 3.00. The zero-order chi connectivity index (χ0) is 66.2. The molecule has 3 N–H and O–H groups in total. The molecule has 3 rings (SSSR count). The van der Waals surface area contributed by atoms with Crippen LogP contribution in [0, 0.1) is 63.4 Å². The fourth-order valence-electron chi connectivity index (χ4n) is 10.1. The number of esters is 4. The SMILES string of the molecule is CCCCCCCCCc1ccc(CN(C)CC#CCC(C)(C(=O)O)C(=O)OC(=O)C(C)(CC#CCNCCc2ccc(CCCCCCCCC)c(F)c2F)C(=O)OC(=O)C(C)(CC#CCN(C)Cc2ccc(CCCCCCCCC)cc2)C(=O)O)cc1. The van der Waals surface area contributed by atoms with E-state index < -0.39 is 83.0 Å². The summed E-state index contributed by atoms with van der Waals surface area (Å²) in [5.41, 5.74) is -2.27. The van der Waals surface area contributed by atoms with E-state index in [0.29, 0.717) is 25.1 Å². The fraction of sp³-hybridized carbons (Fsp3) is 0.600. The van der Waals surface area contributed by atoms with Gasteiger partial charge in [0.2, 0.25) is 0 Å². The topological polar surface area (TPSA) is 180 Å². The van der Waals surface area contributed by atoms with Gasteiger partial charge in [0.15, 0.2) is 27.9 Å². The average molecular weight is 1250 g/mol. The molecular formula is C75H105F2N3O10. The zero-order valence-corrected chi connectivity index (χ0v) is 55.6. The highest BCUT2D eigenvalue weighted by atomic mass is 19.2. The Bertz CT molecular complexity index is 2750. The van der Waals surface area contributed by atoms with Crippen molar-refractivity contribution in [1.82, 2.24) is 15.1 Å². The lowest BCUT2D eigenvalue weighted by molar-refractivity contribution is -0.184. The molecule has 0 saturated heterocycles. The number of nitrogens with one attached hydrogen (secondary N) is 1. The van der Waals surface area contributed by atoms with Crippen molar-refractivity contribution in [2.75, 3.05) is 40.3 Å². The van der Waals surface area contributed by atoms with Gasteiger partial charge in [-0.15, -0.1) is 17.8 Å². The summed E-state index contributed by atoms with van der Waals surface area (Å²) in [6.45, 7) is 11.2. The maximum absolute atomic E-state index is 15.1. The van der Waals surface area contributed by atoms with Gasteiger partial charge in [0.1, 0.15) is 0 Å². The molecule has 0 bridgehead atoms. The number of carbonyl (C=O) groups is 6. The van der Waals surface area contributed by atoms with Crippen LogP contribution in [0.25, 0.3) is 0 Å². The number of carbonyl (C=O) groups excluding carboxylic acids is 4. The molecule has 0 aliphatic rings. The van der Waals surface area contributed by atoms with Crippen LogP contribution in [-0.4, -0.2) is 96.1 Å². The van der Waals surface area contributed by atoms with Crippen LogP contribution in [0.5, 0.6) is 0 Å². The molecule has 0 heterocycles. The Kier molecular flexibility index (Phi) is 37.2. The second-order valence-corrected chi connectivity index (χ2v) is 25.1. The number of ether oxygens (including phenoxy) is 2. The minimum absolute atomic E-state index is 0.0777. The number of halogens is 2. The summed E-state index contributed by atoms with van der Waals surface area (Å²) in [7, 11) is 3.69.